The van der Waals surface area contributed by atoms with Gasteiger partial charge >= 0.3 is 0 Å². The van der Waals surface area contributed by atoms with Gasteiger partial charge in [0.25, 0.3) is 0 Å². The van der Waals surface area contributed by atoms with Crippen molar-refractivity contribution in [2.24, 2.45) is 11.7 Å². The fourth-order valence-electron chi connectivity index (χ4n) is 1.26. The molecular weight excluding hydrogens is 164 g/mol. The number of amides is 1. The fourth-order valence-corrected chi connectivity index (χ4v) is 1.26. The van der Waals surface area contributed by atoms with Crippen LogP contribution in [-0.2, 0) is 4.79 Å². The molecule has 1 aliphatic rings. The van der Waals surface area contributed by atoms with Crippen LogP contribution in [0.15, 0.2) is 0 Å². The molecule has 0 bridgehead atoms. The van der Waals surface area contributed by atoms with Gasteiger partial charge in [0.1, 0.15) is 0 Å². The summed E-state index contributed by atoms with van der Waals surface area (Å²) in [5, 5.41) is 3.18. The van der Waals surface area contributed by atoms with Crippen molar-refractivity contribution in [1.82, 2.24) is 5.32 Å². The Hall–Kier alpha value is -0.280. The molecule has 0 aromatic carbocycles. The molecule has 0 aromatic rings. The summed E-state index contributed by atoms with van der Waals surface area (Å²) in [7, 11) is 0. The van der Waals surface area contributed by atoms with Gasteiger partial charge in [0.2, 0.25) is 5.91 Å². The lowest BCUT2D eigenvalue weighted by atomic mass is 10.0. The van der Waals surface area contributed by atoms with Gasteiger partial charge in [0, 0.05) is 6.54 Å². The van der Waals surface area contributed by atoms with Gasteiger partial charge in [-0.1, -0.05) is 6.42 Å². The normalized spacial score (nSPS) is 24.9. The minimum Gasteiger partial charge on any atom is -0.369 e. The number of nitrogens with one attached hydrogen (secondary N) is 1. The Morgan fingerprint density at radius 3 is 2.82 bits per heavy atom. The summed E-state index contributed by atoms with van der Waals surface area (Å²) in [6.07, 6.45) is 3.26. The average Bonchev–Trinajstić information content (AvgIpc) is 2.12. The molecule has 1 fully saturated rings. The lowest BCUT2D eigenvalue weighted by Gasteiger charge is -2.07. The van der Waals surface area contributed by atoms with E-state index in [9.17, 15) is 4.79 Å². The molecule has 66 valence electrons. The van der Waals surface area contributed by atoms with E-state index in [1.165, 1.54) is 6.42 Å². The lowest BCUT2D eigenvalue weighted by Crippen LogP contribution is -2.31. The molecule has 3 nitrogen and oxygen atoms in total. The largest absolute Gasteiger partial charge is 0.369 e. The Morgan fingerprint density at radius 2 is 2.18 bits per heavy atom. The van der Waals surface area contributed by atoms with Crippen molar-refractivity contribution in [3.63, 3.8) is 0 Å². The number of carbonyl (C=O) groups is 1. The Kier molecular flexibility index (Phi) is 5.24. The molecule has 0 aromatic heterocycles. The van der Waals surface area contributed by atoms with Crippen molar-refractivity contribution in [2.45, 2.75) is 19.3 Å². The predicted molar refractivity (Wildman–Crippen MR) is 46.7 cm³/mol. The second kappa shape index (κ2) is 5.38. The number of rotatable bonds is 1. The van der Waals surface area contributed by atoms with E-state index in [0.29, 0.717) is 0 Å². The topological polar surface area (TPSA) is 55.1 Å². The molecule has 0 saturated carbocycles. The van der Waals surface area contributed by atoms with E-state index in [2.05, 4.69) is 5.32 Å². The molecule has 0 aliphatic carbocycles. The molecule has 1 amide bonds. The van der Waals surface area contributed by atoms with Crippen LogP contribution in [0.1, 0.15) is 19.3 Å². The molecule has 1 atom stereocenters. The second-order valence-corrected chi connectivity index (χ2v) is 2.80. The summed E-state index contributed by atoms with van der Waals surface area (Å²) in [5.41, 5.74) is 5.16. The van der Waals surface area contributed by atoms with Crippen LogP contribution in [0.2, 0.25) is 0 Å². The van der Waals surface area contributed by atoms with Gasteiger partial charge in [-0.3, -0.25) is 4.79 Å². The van der Waals surface area contributed by atoms with Gasteiger partial charge in [0.05, 0.1) is 5.92 Å². The highest BCUT2D eigenvalue weighted by Gasteiger charge is 2.16. The maximum Gasteiger partial charge on any atom is 0.221 e. The van der Waals surface area contributed by atoms with Crippen molar-refractivity contribution in [3.05, 3.63) is 0 Å². The summed E-state index contributed by atoms with van der Waals surface area (Å²) < 4.78 is 0. The maximum absolute atomic E-state index is 10.7. The molecule has 1 rings (SSSR count). The standard InChI is InChI=1S/C7H14N2O.ClH/c8-7(10)6-3-1-2-4-9-5-6;/h6,9H,1-5H2,(H2,8,10);1H. The molecule has 1 heterocycles. The number of carbonyl (C=O) groups excluding carboxylic acids is 1. The van der Waals surface area contributed by atoms with Crippen molar-refractivity contribution < 1.29 is 4.79 Å². The third-order valence-corrected chi connectivity index (χ3v) is 1.95. The molecule has 0 spiro atoms. The highest BCUT2D eigenvalue weighted by atomic mass is 35.5. The van der Waals surface area contributed by atoms with E-state index < -0.39 is 0 Å². The maximum atomic E-state index is 10.7. The molecule has 1 saturated heterocycles. The molecule has 1 unspecified atom stereocenters. The first-order valence-electron chi connectivity index (χ1n) is 3.81. The summed E-state index contributed by atoms with van der Waals surface area (Å²) in [4.78, 5) is 10.7. The van der Waals surface area contributed by atoms with Gasteiger partial charge in [-0.15, -0.1) is 12.4 Å². The number of halogens is 1. The average molecular weight is 179 g/mol. The summed E-state index contributed by atoms with van der Waals surface area (Å²) in [6, 6.07) is 0. The minimum atomic E-state index is -0.158. The fraction of sp³-hybridized carbons (Fsp3) is 0.857. The van der Waals surface area contributed by atoms with E-state index in [1.54, 1.807) is 0 Å². The Labute approximate surface area is 73.1 Å². The number of primary amides is 1. The zero-order valence-electron chi connectivity index (χ0n) is 6.51. The SMILES string of the molecule is Cl.NC(=O)C1CCCCNC1. The third kappa shape index (κ3) is 3.58. The molecule has 3 N–H and O–H groups in total. The molecule has 4 heteroatoms. The monoisotopic (exact) mass is 178 g/mol. The minimum absolute atomic E-state index is 0. The zero-order chi connectivity index (χ0) is 7.40. The van der Waals surface area contributed by atoms with Crippen LogP contribution >= 0.6 is 12.4 Å². The molecule has 1 aliphatic heterocycles. The zero-order valence-corrected chi connectivity index (χ0v) is 7.32. The van der Waals surface area contributed by atoms with Crippen LogP contribution < -0.4 is 11.1 Å². The summed E-state index contributed by atoms with van der Waals surface area (Å²) in [5.74, 6) is -0.0862. The highest BCUT2D eigenvalue weighted by molar-refractivity contribution is 5.85. The lowest BCUT2D eigenvalue weighted by molar-refractivity contribution is -0.121. The van der Waals surface area contributed by atoms with Crippen molar-refractivity contribution in [3.8, 4) is 0 Å². The van der Waals surface area contributed by atoms with Gasteiger partial charge < -0.3 is 11.1 Å². The summed E-state index contributed by atoms with van der Waals surface area (Å²) in [6.45, 7) is 1.80. The van der Waals surface area contributed by atoms with E-state index in [4.69, 9.17) is 5.73 Å². The van der Waals surface area contributed by atoms with Crippen LogP contribution in [0.25, 0.3) is 0 Å². The second-order valence-electron chi connectivity index (χ2n) is 2.80. The van der Waals surface area contributed by atoms with Gasteiger partial charge in [-0.2, -0.15) is 0 Å². The summed E-state index contributed by atoms with van der Waals surface area (Å²) >= 11 is 0. The first kappa shape index (κ1) is 10.7. The Balaban J connectivity index is 0.000001000. The van der Waals surface area contributed by atoms with Gasteiger partial charge in [-0.25, -0.2) is 0 Å². The van der Waals surface area contributed by atoms with Crippen molar-refractivity contribution in [1.29, 1.82) is 0 Å². The van der Waals surface area contributed by atoms with Crippen molar-refractivity contribution in [2.75, 3.05) is 13.1 Å². The van der Waals surface area contributed by atoms with Gasteiger partial charge in [-0.05, 0) is 19.4 Å². The Morgan fingerprint density at radius 1 is 1.45 bits per heavy atom. The van der Waals surface area contributed by atoms with E-state index >= 15 is 0 Å². The number of hydrogen-bond donors (Lipinski definition) is 2. The Bertz CT molecular complexity index is 122. The van der Waals surface area contributed by atoms with E-state index in [1.807, 2.05) is 0 Å². The molecule has 0 radical (unpaired) electrons. The number of nitrogens with two attached hydrogens (primary N) is 1. The smallest absolute Gasteiger partial charge is 0.221 e. The highest BCUT2D eigenvalue weighted by Crippen LogP contribution is 2.09. The quantitative estimate of drug-likeness (QED) is 0.606. The van der Waals surface area contributed by atoms with Crippen LogP contribution in [0, 0.1) is 5.92 Å². The van der Waals surface area contributed by atoms with Crippen LogP contribution in [0.5, 0.6) is 0 Å². The van der Waals surface area contributed by atoms with Crippen LogP contribution in [0.3, 0.4) is 0 Å². The van der Waals surface area contributed by atoms with E-state index in [-0.39, 0.29) is 24.2 Å². The van der Waals surface area contributed by atoms with Crippen LogP contribution in [-0.4, -0.2) is 19.0 Å². The first-order chi connectivity index (χ1) is 4.80. The van der Waals surface area contributed by atoms with Gasteiger partial charge in [0.15, 0.2) is 0 Å². The molecule has 11 heavy (non-hydrogen) atoms. The van der Waals surface area contributed by atoms with E-state index in [0.717, 1.165) is 25.9 Å². The predicted octanol–water partition coefficient (Wildman–Crippen LogP) is 0.283. The molecular formula is C7H15ClN2O. The van der Waals surface area contributed by atoms with Crippen molar-refractivity contribution >= 4 is 18.3 Å². The first-order valence-corrected chi connectivity index (χ1v) is 3.81. The number of hydrogen-bond acceptors (Lipinski definition) is 2. The third-order valence-electron chi connectivity index (χ3n) is 1.95. The van der Waals surface area contributed by atoms with Crippen LogP contribution in [0.4, 0.5) is 0 Å².